The summed E-state index contributed by atoms with van der Waals surface area (Å²) in [4.78, 5) is 10.9. The molecule has 0 bridgehead atoms. The lowest BCUT2D eigenvalue weighted by Crippen LogP contribution is -2.37. The first kappa shape index (κ1) is 15.8. The van der Waals surface area contributed by atoms with Gasteiger partial charge in [0.15, 0.2) is 0 Å². The Balaban J connectivity index is 2.02. The first-order valence-corrected chi connectivity index (χ1v) is 9.94. The number of thiophene rings is 1. The van der Waals surface area contributed by atoms with Crippen molar-refractivity contribution in [2.75, 3.05) is 6.26 Å². The van der Waals surface area contributed by atoms with Gasteiger partial charge in [0.2, 0.25) is 10.0 Å². The summed E-state index contributed by atoms with van der Waals surface area (Å²) in [6.45, 7) is 0. The molecule has 0 aliphatic heterocycles. The van der Waals surface area contributed by atoms with Crippen molar-refractivity contribution in [3.8, 4) is 0 Å². The molecule has 1 heterocycles. The van der Waals surface area contributed by atoms with Gasteiger partial charge in [0.25, 0.3) is 0 Å². The second-order valence-electron chi connectivity index (χ2n) is 4.78. The van der Waals surface area contributed by atoms with E-state index in [1.54, 1.807) is 0 Å². The molecular formula is C12H17NO4S3. The van der Waals surface area contributed by atoms with Gasteiger partial charge >= 0.3 is 5.97 Å². The van der Waals surface area contributed by atoms with Gasteiger partial charge in [-0.15, -0.1) is 11.3 Å². The fraction of sp³-hybridized carbons (Fsp3) is 0.583. The Hall–Kier alpha value is -0.570. The average Bonchev–Trinajstić information content (AvgIpc) is 2.90. The van der Waals surface area contributed by atoms with Crippen LogP contribution in [0.15, 0.2) is 16.3 Å². The Morgan fingerprint density at radius 3 is 2.55 bits per heavy atom. The van der Waals surface area contributed by atoms with E-state index in [1.807, 2.05) is 11.8 Å². The van der Waals surface area contributed by atoms with E-state index >= 15 is 0 Å². The number of rotatable bonds is 5. The number of hydrogen-bond donors (Lipinski definition) is 2. The van der Waals surface area contributed by atoms with E-state index in [0.29, 0.717) is 5.25 Å². The normalized spacial score (nSPS) is 23.6. The van der Waals surface area contributed by atoms with E-state index in [4.69, 9.17) is 5.11 Å². The van der Waals surface area contributed by atoms with Crippen molar-refractivity contribution in [1.82, 2.24) is 4.72 Å². The van der Waals surface area contributed by atoms with E-state index in [-0.39, 0.29) is 15.8 Å². The molecule has 1 aliphatic carbocycles. The van der Waals surface area contributed by atoms with Crippen LogP contribution in [-0.4, -0.2) is 37.0 Å². The maximum Gasteiger partial charge on any atom is 0.345 e. The third-order valence-corrected chi connectivity index (χ3v) is 7.13. The quantitative estimate of drug-likeness (QED) is 0.863. The SMILES string of the molecule is CSC1CCC(NS(=O)(=O)c2csc(C(=O)O)c2)CC1. The summed E-state index contributed by atoms with van der Waals surface area (Å²) in [5, 5.41) is 10.8. The van der Waals surface area contributed by atoms with Gasteiger partial charge in [-0.1, -0.05) is 0 Å². The Morgan fingerprint density at radius 1 is 1.40 bits per heavy atom. The molecule has 5 nitrogen and oxygen atoms in total. The van der Waals surface area contributed by atoms with Crippen molar-refractivity contribution in [2.45, 2.75) is 41.9 Å². The predicted molar refractivity (Wildman–Crippen MR) is 81.2 cm³/mol. The highest BCUT2D eigenvalue weighted by atomic mass is 32.2. The maximum absolute atomic E-state index is 12.2. The van der Waals surface area contributed by atoms with Crippen molar-refractivity contribution < 1.29 is 18.3 Å². The average molecular weight is 335 g/mol. The van der Waals surface area contributed by atoms with Gasteiger partial charge in [-0.05, 0) is 38.0 Å². The van der Waals surface area contributed by atoms with Gasteiger partial charge in [-0.25, -0.2) is 17.9 Å². The lowest BCUT2D eigenvalue weighted by molar-refractivity contribution is 0.0702. The first-order valence-electron chi connectivity index (χ1n) is 6.29. The molecule has 1 aliphatic rings. The molecular weight excluding hydrogens is 318 g/mol. The van der Waals surface area contributed by atoms with Crippen LogP contribution in [0.3, 0.4) is 0 Å². The number of aromatic carboxylic acids is 1. The molecule has 1 saturated carbocycles. The molecule has 0 atom stereocenters. The molecule has 0 saturated heterocycles. The molecule has 2 rings (SSSR count). The molecule has 0 unspecified atom stereocenters. The van der Waals surface area contributed by atoms with Crippen molar-refractivity contribution in [3.05, 3.63) is 16.3 Å². The van der Waals surface area contributed by atoms with Crippen LogP contribution in [0.2, 0.25) is 0 Å². The first-order chi connectivity index (χ1) is 9.42. The monoisotopic (exact) mass is 335 g/mol. The van der Waals surface area contributed by atoms with Crippen molar-refractivity contribution >= 4 is 39.1 Å². The Labute approximate surface area is 126 Å². The molecule has 8 heteroatoms. The van der Waals surface area contributed by atoms with E-state index in [9.17, 15) is 13.2 Å². The van der Waals surface area contributed by atoms with Crippen molar-refractivity contribution in [3.63, 3.8) is 0 Å². The number of hydrogen-bond acceptors (Lipinski definition) is 5. The number of carboxylic acid groups (broad SMARTS) is 1. The smallest absolute Gasteiger partial charge is 0.345 e. The van der Waals surface area contributed by atoms with Crippen LogP contribution in [0.25, 0.3) is 0 Å². The molecule has 2 N–H and O–H groups in total. The van der Waals surface area contributed by atoms with E-state index in [0.717, 1.165) is 37.0 Å². The number of carbonyl (C=O) groups is 1. The molecule has 112 valence electrons. The van der Waals surface area contributed by atoms with Crippen LogP contribution < -0.4 is 4.72 Å². The minimum absolute atomic E-state index is 0.0384. The summed E-state index contributed by atoms with van der Waals surface area (Å²) in [5.74, 6) is -1.10. The fourth-order valence-corrected chi connectivity index (χ4v) is 5.44. The van der Waals surface area contributed by atoms with Gasteiger partial charge in [0.05, 0.1) is 4.90 Å². The molecule has 0 aromatic carbocycles. The lowest BCUT2D eigenvalue weighted by Gasteiger charge is -2.27. The molecule has 20 heavy (non-hydrogen) atoms. The highest BCUT2D eigenvalue weighted by Gasteiger charge is 2.26. The van der Waals surface area contributed by atoms with Crippen LogP contribution in [-0.2, 0) is 10.0 Å². The Kier molecular flexibility index (Phi) is 5.11. The largest absolute Gasteiger partial charge is 0.477 e. The summed E-state index contributed by atoms with van der Waals surface area (Å²) in [7, 11) is -3.61. The number of sulfonamides is 1. The topological polar surface area (TPSA) is 83.5 Å². The van der Waals surface area contributed by atoms with Gasteiger partial charge < -0.3 is 5.11 Å². The minimum atomic E-state index is -3.61. The third kappa shape index (κ3) is 3.75. The molecule has 1 aromatic rings. The standard InChI is InChI=1S/C12H17NO4S3/c1-18-9-4-2-8(3-5-9)13-20(16,17)10-6-11(12(14)15)19-7-10/h6-9,13H,2-5H2,1H3,(H,14,15). The number of nitrogens with one attached hydrogen (secondary N) is 1. The van der Waals surface area contributed by atoms with Crippen LogP contribution in [0.4, 0.5) is 0 Å². The lowest BCUT2D eigenvalue weighted by atomic mass is 9.96. The number of carboxylic acids is 1. The highest BCUT2D eigenvalue weighted by molar-refractivity contribution is 7.99. The van der Waals surface area contributed by atoms with Gasteiger partial charge in [-0.3, -0.25) is 0 Å². The number of thioether (sulfide) groups is 1. The maximum atomic E-state index is 12.2. The molecule has 0 radical (unpaired) electrons. The van der Waals surface area contributed by atoms with Gasteiger partial charge in [0, 0.05) is 16.7 Å². The molecule has 0 amide bonds. The summed E-state index contributed by atoms with van der Waals surface area (Å²) in [5.41, 5.74) is 0. The zero-order valence-electron chi connectivity index (χ0n) is 11.0. The Morgan fingerprint density at radius 2 is 2.05 bits per heavy atom. The summed E-state index contributed by atoms with van der Waals surface area (Å²) in [6.07, 6.45) is 5.77. The van der Waals surface area contributed by atoms with Crippen molar-refractivity contribution in [1.29, 1.82) is 0 Å². The van der Waals surface area contributed by atoms with Crippen molar-refractivity contribution in [2.24, 2.45) is 0 Å². The van der Waals surface area contributed by atoms with E-state index in [2.05, 4.69) is 11.0 Å². The van der Waals surface area contributed by atoms with Gasteiger partial charge in [0.1, 0.15) is 4.88 Å². The fourth-order valence-electron chi connectivity index (χ4n) is 2.28. The summed E-state index contributed by atoms with van der Waals surface area (Å²) >= 11 is 2.76. The van der Waals surface area contributed by atoms with Gasteiger partial charge in [-0.2, -0.15) is 11.8 Å². The summed E-state index contributed by atoms with van der Waals surface area (Å²) < 4.78 is 27.1. The van der Waals surface area contributed by atoms with E-state index < -0.39 is 16.0 Å². The molecule has 1 fully saturated rings. The predicted octanol–water partition coefficient (Wildman–Crippen LogP) is 2.40. The molecule has 1 aromatic heterocycles. The molecule has 0 spiro atoms. The van der Waals surface area contributed by atoms with Crippen LogP contribution in [0, 0.1) is 0 Å². The third-order valence-electron chi connectivity index (χ3n) is 3.43. The highest BCUT2D eigenvalue weighted by Crippen LogP contribution is 2.28. The van der Waals surface area contributed by atoms with E-state index in [1.165, 1.54) is 11.4 Å². The second kappa shape index (κ2) is 6.46. The van der Waals surface area contributed by atoms with Crippen LogP contribution in [0.1, 0.15) is 35.4 Å². The zero-order valence-corrected chi connectivity index (χ0v) is 13.5. The summed E-state index contributed by atoms with van der Waals surface area (Å²) in [6, 6.07) is 1.17. The van der Waals surface area contributed by atoms with Crippen LogP contribution >= 0.6 is 23.1 Å². The minimum Gasteiger partial charge on any atom is -0.477 e. The van der Waals surface area contributed by atoms with Crippen LogP contribution in [0.5, 0.6) is 0 Å². The zero-order chi connectivity index (χ0) is 14.8. The Bertz CT molecular complexity index is 573. The second-order valence-corrected chi connectivity index (χ2v) is 8.55.